The van der Waals surface area contributed by atoms with Crippen molar-refractivity contribution in [2.75, 3.05) is 37.0 Å². The number of amides is 4. The Hall–Kier alpha value is -6.17. The molecule has 5 N–H and O–H groups in total. The van der Waals surface area contributed by atoms with Crippen LogP contribution in [0.15, 0.2) is 78.4 Å². The van der Waals surface area contributed by atoms with Crippen LogP contribution >= 0.6 is 11.3 Å². The summed E-state index contributed by atoms with van der Waals surface area (Å²) in [6.07, 6.45) is 1.98. The molecule has 0 saturated carbocycles. The van der Waals surface area contributed by atoms with Crippen LogP contribution in [0.1, 0.15) is 81.7 Å². The molecular formula is C47H57N9O7S. The van der Waals surface area contributed by atoms with Crippen molar-refractivity contribution in [1.82, 2.24) is 35.7 Å². The highest BCUT2D eigenvalue weighted by molar-refractivity contribution is 7.13. The van der Waals surface area contributed by atoms with E-state index in [-0.39, 0.29) is 55.3 Å². The van der Waals surface area contributed by atoms with E-state index in [1.54, 1.807) is 55.0 Å². The van der Waals surface area contributed by atoms with Gasteiger partial charge in [0.25, 0.3) is 5.91 Å². The molecule has 0 radical (unpaired) electrons. The van der Waals surface area contributed by atoms with Crippen LogP contribution in [0.25, 0.3) is 21.8 Å². The number of carbonyl (C=O) groups is 4. The normalized spacial score (nSPS) is 19.8. The first kappa shape index (κ1) is 45.8. The number of aromatic amines is 1. The van der Waals surface area contributed by atoms with Gasteiger partial charge in [-0.2, -0.15) is 5.10 Å². The number of carbonyl (C=O) groups excluding carboxylic acids is 4. The topological polar surface area (TPSA) is 204 Å². The van der Waals surface area contributed by atoms with Gasteiger partial charge in [-0.05, 0) is 80.5 Å². The molecule has 4 amide bonds. The molecule has 2 saturated heterocycles. The van der Waals surface area contributed by atoms with Crippen LogP contribution in [0.4, 0.5) is 11.4 Å². The number of nitrogens with one attached hydrogen (secondary N) is 4. The number of hydrogen-bond donors (Lipinski definition) is 5. The predicted molar refractivity (Wildman–Crippen MR) is 245 cm³/mol. The molecule has 338 valence electrons. The molecule has 0 bridgehead atoms. The quantitative estimate of drug-likeness (QED) is 0.0887. The number of likely N-dealkylation sites (tertiary alicyclic amines) is 1. The lowest BCUT2D eigenvalue weighted by molar-refractivity contribution is -0.145. The SMILES string of the molecule is COc1cc(N2CC[C@@H](OCC(=O)N[C@H](C(=O)N3C[C@H](O)C[C@H]3C(=O)N[C@@H](C)c3ccc(-c4scnc4C)cc3)C(C)(C)C)C[C@H]2C)ccc1NC(=O)c1cccc(-c2cc[nH]n2)n1. The summed E-state index contributed by atoms with van der Waals surface area (Å²) in [4.78, 5) is 68.1. The summed E-state index contributed by atoms with van der Waals surface area (Å²) in [5, 5.41) is 26.4. The van der Waals surface area contributed by atoms with Crippen molar-refractivity contribution >= 4 is 46.3 Å². The van der Waals surface area contributed by atoms with Gasteiger partial charge in [0.05, 0.1) is 52.8 Å². The number of H-pyrrole nitrogens is 1. The minimum Gasteiger partial charge on any atom is -0.494 e. The fourth-order valence-electron chi connectivity index (χ4n) is 8.33. The van der Waals surface area contributed by atoms with Gasteiger partial charge in [0.15, 0.2) is 0 Å². The number of hydrogen-bond acceptors (Lipinski definition) is 12. The maximum Gasteiger partial charge on any atom is 0.274 e. The Labute approximate surface area is 377 Å². The smallest absolute Gasteiger partial charge is 0.274 e. The first-order valence-corrected chi connectivity index (χ1v) is 22.4. The number of thiazole rings is 1. The molecule has 7 rings (SSSR count). The van der Waals surface area contributed by atoms with Gasteiger partial charge >= 0.3 is 0 Å². The number of ether oxygens (including phenoxy) is 2. The standard InChI is InChI=1S/C47H57N9O7S/c1-27-21-34(18-20-55(27)32-15-16-37(40(22-32)62-7)52-44(59)38-10-8-9-35(51-38)36-17-19-49-54-36)63-25-41(58)53-43(47(4,5)6)46(61)56-24-33(57)23-39(56)45(60)50-28(2)30-11-13-31(14-12-30)42-29(3)48-26-64-42/h8-17,19,22,26-28,33-34,39,43,57H,18,20-21,23-25H2,1-7H3,(H,49,54)(H,50,60)(H,52,59)(H,53,58)/t27-,28+,33-,34-,39+,43-/m1/s1. The van der Waals surface area contributed by atoms with Gasteiger partial charge in [-0.15, -0.1) is 11.3 Å². The van der Waals surface area contributed by atoms with Crippen molar-refractivity contribution in [2.24, 2.45) is 5.41 Å². The van der Waals surface area contributed by atoms with Crippen LogP contribution < -0.4 is 25.6 Å². The van der Waals surface area contributed by atoms with E-state index in [4.69, 9.17) is 9.47 Å². The first-order chi connectivity index (χ1) is 30.6. The fraction of sp³-hybridized carbons (Fsp3) is 0.426. The average molecular weight is 892 g/mol. The molecule has 0 spiro atoms. The van der Waals surface area contributed by atoms with Crippen LogP contribution in [-0.4, -0.2) is 111 Å². The summed E-state index contributed by atoms with van der Waals surface area (Å²) < 4.78 is 11.8. The summed E-state index contributed by atoms with van der Waals surface area (Å²) in [7, 11) is 1.55. The van der Waals surface area contributed by atoms with E-state index in [1.807, 2.05) is 76.5 Å². The lowest BCUT2D eigenvalue weighted by atomic mass is 9.85. The molecule has 2 aliphatic heterocycles. The van der Waals surface area contributed by atoms with Crippen molar-refractivity contribution < 1.29 is 33.8 Å². The minimum absolute atomic E-state index is 0.0218. The molecule has 5 heterocycles. The Bertz CT molecular complexity index is 2430. The summed E-state index contributed by atoms with van der Waals surface area (Å²) in [6.45, 7) is 11.9. The zero-order valence-corrected chi connectivity index (χ0v) is 38.1. The second-order valence-electron chi connectivity index (χ2n) is 17.6. The zero-order valence-electron chi connectivity index (χ0n) is 37.3. The number of pyridine rings is 1. The number of aliphatic hydroxyl groups excluding tert-OH is 1. The van der Waals surface area contributed by atoms with Gasteiger partial charge in [-0.25, -0.2) is 9.97 Å². The van der Waals surface area contributed by atoms with E-state index in [1.165, 1.54) is 4.90 Å². The van der Waals surface area contributed by atoms with Crippen LogP contribution in [-0.2, 0) is 19.1 Å². The molecule has 5 aromatic rings. The molecule has 2 fully saturated rings. The molecule has 2 aliphatic rings. The largest absolute Gasteiger partial charge is 0.494 e. The Balaban J connectivity index is 0.913. The number of piperidine rings is 1. The molecule has 2 aromatic carbocycles. The molecule has 16 nitrogen and oxygen atoms in total. The lowest BCUT2D eigenvalue weighted by Crippen LogP contribution is -2.58. The van der Waals surface area contributed by atoms with Crippen molar-refractivity contribution in [3.8, 4) is 27.6 Å². The monoisotopic (exact) mass is 891 g/mol. The Morgan fingerprint density at radius 3 is 2.47 bits per heavy atom. The highest BCUT2D eigenvalue weighted by atomic mass is 32.1. The molecule has 17 heteroatoms. The van der Waals surface area contributed by atoms with Crippen LogP contribution in [0.3, 0.4) is 0 Å². The molecular weight excluding hydrogens is 835 g/mol. The number of nitrogens with zero attached hydrogens (tertiary/aromatic N) is 5. The van der Waals surface area contributed by atoms with Gasteiger partial charge < -0.3 is 40.3 Å². The number of methoxy groups -OCH3 is 1. The number of benzene rings is 2. The lowest BCUT2D eigenvalue weighted by Gasteiger charge is -2.39. The van der Waals surface area contributed by atoms with Gasteiger partial charge in [0.1, 0.15) is 35.8 Å². The third-order valence-electron chi connectivity index (χ3n) is 11.8. The van der Waals surface area contributed by atoms with Gasteiger partial charge in [0, 0.05) is 43.5 Å². The van der Waals surface area contributed by atoms with Gasteiger partial charge in [-0.3, -0.25) is 24.3 Å². The first-order valence-electron chi connectivity index (χ1n) is 21.5. The Morgan fingerprint density at radius 2 is 1.80 bits per heavy atom. The number of aryl methyl sites for hydroxylation is 1. The van der Waals surface area contributed by atoms with Crippen molar-refractivity contribution in [1.29, 1.82) is 0 Å². The minimum atomic E-state index is -0.976. The third kappa shape index (κ3) is 10.6. The number of anilines is 2. The van der Waals surface area contributed by atoms with E-state index < -0.39 is 35.4 Å². The highest BCUT2D eigenvalue weighted by Gasteiger charge is 2.45. The van der Waals surface area contributed by atoms with Crippen molar-refractivity contribution in [3.63, 3.8) is 0 Å². The van der Waals surface area contributed by atoms with Crippen LogP contribution in [0.5, 0.6) is 5.75 Å². The second-order valence-corrected chi connectivity index (χ2v) is 18.4. The summed E-state index contributed by atoms with van der Waals surface area (Å²) in [6, 6.07) is 18.3. The number of rotatable bonds is 14. The Kier molecular flexibility index (Phi) is 14.1. The summed E-state index contributed by atoms with van der Waals surface area (Å²) in [5.74, 6) is -1.14. The average Bonchev–Trinajstić information content (AvgIpc) is 4.07. The van der Waals surface area contributed by atoms with Crippen LogP contribution in [0, 0.1) is 12.3 Å². The van der Waals surface area contributed by atoms with E-state index in [2.05, 4.69) is 47.9 Å². The molecule has 0 unspecified atom stereocenters. The van der Waals surface area contributed by atoms with E-state index in [0.717, 1.165) is 27.4 Å². The highest BCUT2D eigenvalue weighted by Crippen LogP contribution is 2.34. The van der Waals surface area contributed by atoms with Crippen molar-refractivity contribution in [3.05, 3.63) is 95.4 Å². The third-order valence-corrected chi connectivity index (χ3v) is 12.8. The fourth-order valence-corrected chi connectivity index (χ4v) is 9.14. The van der Waals surface area contributed by atoms with E-state index in [9.17, 15) is 24.3 Å². The number of aliphatic hydroxyl groups is 1. The predicted octanol–water partition coefficient (Wildman–Crippen LogP) is 5.91. The molecule has 6 atom stereocenters. The summed E-state index contributed by atoms with van der Waals surface area (Å²) >= 11 is 1.57. The van der Waals surface area contributed by atoms with Crippen LogP contribution in [0.2, 0.25) is 0 Å². The molecule has 0 aliphatic carbocycles. The summed E-state index contributed by atoms with van der Waals surface area (Å²) in [5.41, 5.74) is 6.87. The maximum absolute atomic E-state index is 14.2. The van der Waals surface area contributed by atoms with E-state index in [0.29, 0.717) is 42.2 Å². The molecule has 64 heavy (non-hydrogen) atoms. The van der Waals surface area contributed by atoms with Gasteiger partial charge in [-0.1, -0.05) is 51.1 Å². The number of aromatic nitrogens is 4. The van der Waals surface area contributed by atoms with E-state index >= 15 is 0 Å². The number of β-amino-alcohol motifs (C(OH)–C–C–N with tert-alkyl or cyclic N) is 1. The Morgan fingerprint density at radius 1 is 1.02 bits per heavy atom. The zero-order chi connectivity index (χ0) is 45.7. The maximum atomic E-state index is 14.2. The molecule has 3 aromatic heterocycles. The van der Waals surface area contributed by atoms with Gasteiger partial charge in [0.2, 0.25) is 17.7 Å². The second kappa shape index (κ2) is 19.7. The van der Waals surface area contributed by atoms with Crippen molar-refractivity contribution in [2.45, 2.75) is 97.2 Å².